The van der Waals surface area contributed by atoms with E-state index in [-0.39, 0.29) is 12.5 Å². The molecule has 0 aliphatic carbocycles. The number of hydrogen-bond donors (Lipinski definition) is 2. The van der Waals surface area contributed by atoms with Crippen molar-refractivity contribution in [3.05, 3.63) is 15.8 Å². The van der Waals surface area contributed by atoms with Gasteiger partial charge in [0.25, 0.3) is 0 Å². The molecule has 1 aromatic heterocycles. The van der Waals surface area contributed by atoms with Gasteiger partial charge in [0.1, 0.15) is 4.88 Å². The van der Waals surface area contributed by atoms with Crippen LogP contribution in [0.15, 0.2) is 5.38 Å². The lowest BCUT2D eigenvalue weighted by atomic mass is 10.2. The fourth-order valence-electron chi connectivity index (χ4n) is 1.40. The van der Waals surface area contributed by atoms with Gasteiger partial charge in [0.05, 0.1) is 19.3 Å². The lowest BCUT2D eigenvalue weighted by Gasteiger charge is -2.07. The molecular formula is C12H18N2O3S. The number of ether oxygens (including phenoxy) is 1. The van der Waals surface area contributed by atoms with E-state index < -0.39 is 5.97 Å². The van der Waals surface area contributed by atoms with E-state index in [1.807, 2.05) is 19.2 Å². The molecule has 0 aliphatic rings. The minimum Gasteiger partial charge on any atom is -0.465 e. The number of carbonyl (C=O) groups is 2. The fourth-order valence-corrected chi connectivity index (χ4v) is 2.33. The zero-order chi connectivity index (χ0) is 13.5. The third-order valence-corrected chi connectivity index (χ3v) is 3.40. The van der Waals surface area contributed by atoms with E-state index in [0.29, 0.717) is 10.6 Å². The van der Waals surface area contributed by atoms with Crippen LogP contribution >= 0.6 is 11.3 Å². The summed E-state index contributed by atoms with van der Waals surface area (Å²) in [6.45, 7) is 4.91. The Hall–Kier alpha value is -1.40. The number of hydrogen-bond acceptors (Lipinski definition) is 5. The first-order valence-electron chi connectivity index (χ1n) is 5.77. The first kappa shape index (κ1) is 14.7. The number of thiophene rings is 1. The molecular weight excluding hydrogens is 252 g/mol. The standard InChI is InChI=1S/C12H18N2O3S/c1-4-5-13-6-9(15)14-10-8(2)7-18-11(10)12(16)17-3/h7,13H,4-6H2,1-3H3,(H,14,15). The number of amides is 1. The second kappa shape index (κ2) is 7.13. The molecule has 100 valence electrons. The molecule has 0 spiro atoms. The molecule has 0 aliphatic heterocycles. The van der Waals surface area contributed by atoms with Crippen molar-refractivity contribution in [1.82, 2.24) is 5.32 Å². The van der Waals surface area contributed by atoms with Gasteiger partial charge in [-0.1, -0.05) is 6.92 Å². The van der Waals surface area contributed by atoms with Crippen LogP contribution in [0.2, 0.25) is 0 Å². The summed E-state index contributed by atoms with van der Waals surface area (Å²) in [5, 5.41) is 7.57. The smallest absolute Gasteiger partial charge is 0.350 e. The second-order valence-electron chi connectivity index (χ2n) is 3.84. The van der Waals surface area contributed by atoms with E-state index >= 15 is 0 Å². The van der Waals surface area contributed by atoms with E-state index in [4.69, 9.17) is 0 Å². The molecule has 0 aromatic carbocycles. The lowest BCUT2D eigenvalue weighted by molar-refractivity contribution is -0.115. The van der Waals surface area contributed by atoms with Crippen LogP contribution in [0.1, 0.15) is 28.6 Å². The van der Waals surface area contributed by atoms with Gasteiger partial charge in [-0.25, -0.2) is 4.79 Å². The van der Waals surface area contributed by atoms with Crippen LogP contribution in [0.4, 0.5) is 5.69 Å². The average molecular weight is 270 g/mol. The van der Waals surface area contributed by atoms with Crippen LogP contribution in [-0.4, -0.2) is 32.1 Å². The molecule has 0 saturated heterocycles. The quantitative estimate of drug-likeness (QED) is 0.611. The highest BCUT2D eigenvalue weighted by Gasteiger charge is 2.18. The monoisotopic (exact) mass is 270 g/mol. The minimum atomic E-state index is -0.426. The summed E-state index contributed by atoms with van der Waals surface area (Å²) in [6, 6.07) is 0. The average Bonchev–Trinajstić information content (AvgIpc) is 2.71. The molecule has 18 heavy (non-hydrogen) atoms. The third kappa shape index (κ3) is 3.82. The highest BCUT2D eigenvalue weighted by molar-refractivity contribution is 7.12. The van der Waals surface area contributed by atoms with Crippen LogP contribution in [0.3, 0.4) is 0 Å². The number of aryl methyl sites for hydroxylation is 1. The number of methoxy groups -OCH3 is 1. The molecule has 6 heteroatoms. The Kier molecular flexibility index (Phi) is 5.80. The van der Waals surface area contributed by atoms with Crippen molar-refractivity contribution in [2.75, 3.05) is 25.5 Å². The fraction of sp³-hybridized carbons (Fsp3) is 0.500. The maximum atomic E-state index is 11.7. The molecule has 0 saturated carbocycles. The first-order valence-corrected chi connectivity index (χ1v) is 6.65. The van der Waals surface area contributed by atoms with Crippen LogP contribution in [-0.2, 0) is 9.53 Å². The van der Waals surface area contributed by atoms with Crippen LogP contribution < -0.4 is 10.6 Å². The number of nitrogens with one attached hydrogen (secondary N) is 2. The molecule has 2 N–H and O–H groups in total. The summed E-state index contributed by atoms with van der Waals surface area (Å²) in [4.78, 5) is 23.6. The van der Waals surface area contributed by atoms with Crippen molar-refractivity contribution in [2.24, 2.45) is 0 Å². The van der Waals surface area contributed by atoms with Crippen LogP contribution in [0.25, 0.3) is 0 Å². The summed E-state index contributed by atoms with van der Waals surface area (Å²) in [5.41, 5.74) is 1.42. The normalized spacial score (nSPS) is 10.2. The Labute approximate surface area is 111 Å². The minimum absolute atomic E-state index is 0.157. The van der Waals surface area contributed by atoms with Crippen LogP contribution in [0.5, 0.6) is 0 Å². The summed E-state index contributed by atoms with van der Waals surface area (Å²) < 4.78 is 4.67. The largest absolute Gasteiger partial charge is 0.465 e. The number of esters is 1. The highest BCUT2D eigenvalue weighted by atomic mass is 32.1. The van der Waals surface area contributed by atoms with Gasteiger partial charge in [-0.2, -0.15) is 0 Å². The maximum Gasteiger partial charge on any atom is 0.350 e. The molecule has 0 atom stereocenters. The van der Waals surface area contributed by atoms with Gasteiger partial charge in [0.15, 0.2) is 0 Å². The van der Waals surface area contributed by atoms with E-state index in [1.165, 1.54) is 18.4 Å². The highest BCUT2D eigenvalue weighted by Crippen LogP contribution is 2.28. The van der Waals surface area contributed by atoms with Gasteiger partial charge < -0.3 is 15.4 Å². The predicted molar refractivity (Wildman–Crippen MR) is 72.2 cm³/mol. The van der Waals surface area contributed by atoms with Crippen molar-refractivity contribution < 1.29 is 14.3 Å². The summed E-state index contributed by atoms with van der Waals surface area (Å²) in [5.74, 6) is -0.583. The second-order valence-corrected chi connectivity index (χ2v) is 4.72. The first-order chi connectivity index (χ1) is 8.60. The van der Waals surface area contributed by atoms with Crippen molar-refractivity contribution in [1.29, 1.82) is 0 Å². The van der Waals surface area contributed by atoms with Gasteiger partial charge in [0, 0.05) is 0 Å². The van der Waals surface area contributed by atoms with Crippen molar-refractivity contribution in [3.8, 4) is 0 Å². The summed E-state index contributed by atoms with van der Waals surface area (Å²) in [6.07, 6.45) is 0.970. The SMILES string of the molecule is CCCNCC(=O)Nc1c(C)csc1C(=O)OC. The molecule has 5 nitrogen and oxygen atoms in total. The zero-order valence-corrected chi connectivity index (χ0v) is 11.6. The van der Waals surface area contributed by atoms with Crippen LogP contribution in [0, 0.1) is 6.92 Å². The molecule has 1 heterocycles. The maximum absolute atomic E-state index is 11.7. The van der Waals surface area contributed by atoms with E-state index in [1.54, 1.807) is 0 Å². The molecule has 0 bridgehead atoms. The van der Waals surface area contributed by atoms with Crippen molar-refractivity contribution in [3.63, 3.8) is 0 Å². The van der Waals surface area contributed by atoms with E-state index in [0.717, 1.165) is 18.5 Å². The third-order valence-electron chi connectivity index (χ3n) is 2.32. The number of carbonyl (C=O) groups excluding carboxylic acids is 2. The van der Waals surface area contributed by atoms with Crippen molar-refractivity contribution >= 4 is 28.9 Å². The Morgan fingerprint density at radius 2 is 2.17 bits per heavy atom. The molecule has 0 radical (unpaired) electrons. The Bertz CT molecular complexity index is 429. The summed E-state index contributed by atoms with van der Waals surface area (Å²) in [7, 11) is 1.33. The lowest BCUT2D eigenvalue weighted by Crippen LogP contribution is -2.29. The molecule has 1 aromatic rings. The Morgan fingerprint density at radius 3 is 2.78 bits per heavy atom. The molecule has 1 rings (SSSR count). The predicted octanol–water partition coefficient (Wildman–Crippen LogP) is 1.78. The van der Waals surface area contributed by atoms with Gasteiger partial charge in [-0.15, -0.1) is 11.3 Å². The topological polar surface area (TPSA) is 67.4 Å². The zero-order valence-electron chi connectivity index (χ0n) is 10.8. The molecule has 0 fully saturated rings. The Morgan fingerprint density at radius 1 is 1.44 bits per heavy atom. The van der Waals surface area contributed by atoms with Gasteiger partial charge in [-0.05, 0) is 30.8 Å². The van der Waals surface area contributed by atoms with Gasteiger partial charge in [-0.3, -0.25) is 4.79 Å². The van der Waals surface area contributed by atoms with Crippen molar-refractivity contribution in [2.45, 2.75) is 20.3 Å². The number of rotatable bonds is 6. The molecule has 1 amide bonds. The molecule has 0 unspecified atom stereocenters. The Balaban J connectivity index is 2.68. The van der Waals surface area contributed by atoms with Gasteiger partial charge >= 0.3 is 5.97 Å². The van der Waals surface area contributed by atoms with E-state index in [9.17, 15) is 9.59 Å². The summed E-state index contributed by atoms with van der Waals surface area (Å²) >= 11 is 1.27. The van der Waals surface area contributed by atoms with E-state index in [2.05, 4.69) is 15.4 Å². The number of anilines is 1. The van der Waals surface area contributed by atoms with Gasteiger partial charge in [0.2, 0.25) is 5.91 Å².